The third kappa shape index (κ3) is 9.18. The zero-order valence-corrected chi connectivity index (χ0v) is 20.4. The third-order valence-electron chi connectivity index (χ3n) is 6.07. The van der Waals surface area contributed by atoms with Crippen LogP contribution < -0.4 is 27.8 Å². The highest BCUT2D eigenvalue weighted by Gasteiger charge is 2.39. The summed E-state index contributed by atoms with van der Waals surface area (Å²) in [7, 11) is 0. The van der Waals surface area contributed by atoms with Gasteiger partial charge in [-0.15, -0.1) is 0 Å². The number of carboxylic acids is 1. The first kappa shape index (κ1) is 29.2. The molecule has 202 valence electrons. The van der Waals surface area contributed by atoms with Gasteiger partial charge >= 0.3 is 5.97 Å². The van der Waals surface area contributed by atoms with E-state index in [1.54, 1.807) is 30.3 Å². The van der Waals surface area contributed by atoms with Gasteiger partial charge in [0.1, 0.15) is 18.1 Å². The molecular weight excluding hydrogens is 484 g/mol. The van der Waals surface area contributed by atoms with E-state index in [4.69, 9.17) is 17.2 Å². The van der Waals surface area contributed by atoms with E-state index in [9.17, 15) is 33.9 Å². The van der Waals surface area contributed by atoms with Crippen molar-refractivity contribution in [1.29, 1.82) is 0 Å². The molecule has 2 rings (SSSR count). The average molecular weight is 519 g/mol. The molecule has 0 spiro atoms. The lowest BCUT2D eigenvalue weighted by Gasteiger charge is -2.30. The standard InChI is InChI=1S/C24H34N6O7/c25-15(8-10-19(26)31)21(33)29-17(13-14-5-2-1-3-6-14)23(35)30-12-4-7-18(30)22(34)28-16(24(36)37)9-11-20(27)32/h1-3,5-6,15-18H,4,7-13,25H2,(H2,26,31)(H2,27,32)(H,28,34)(H,29,33)(H,36,37). The highest BCUT2D eigenvalue weighted by atomic mass is 16.4. The lowest BCUT2D eigenvalue weighted by atomic mass is 10.0. The molecule has 5 amide bonds. The molecular formula is C24H34N6O7. The Morgan fingerprint density at radius 1 is 0.946 bits per heavy atom. The van der Waals surface area contributed by atoms with E-state index in [2.05, 4.69) is 10.6 Å². The number of carbonyl (C=O) groups is 6. The Morgan fingerprint density at radius 2 is 1.57 bits per heavy atom. The van der Waals surface area contributed by atoms with Gasteiger partial charge in [-0.25, -0.2) is 4.79 Å². The van der Waals surface area contributed by atoms with Crippen LogP contribution >= 0.6 is 0 Å². The highest BCUT2D eigenvalue weighted by Crippen LogP contribution is 2.20. The van der Waals surface area contributed by atoms with Gasteiger partial charge in [0.05, 0.1) is 6.04 Å². The highest BCUT2D eigenvalue weighted by molar-refractivity contribution is 5.94. The number of benzene rings is 1. The van der Waals surface area contributed by atoms with Gasteiger partial charge in [-0.05, 0) is 31.2 Å². The van der Waals surface area contributed by atoms with E-state index in [1.807, 2.05) is 0 Å². The summed E-state index contributed by atoms with van der Waals surface area (Å²) in [4.78, 5) is 74.1. The zero-order chi connectivity index (χ0) is 27.5. The van der Waals surface area contributed by atoms with Gasteiger partial charge in [-0.1, -0.05) is 30.3 Å². The van der Waals surface area contributed by atoms with E-state index in [1.165, 1.54) is 4.90 Å². The second-order valence-corrected chi connectivity index (χ2v) is 8.96. The fourth-order valence-electron chi connectivity index (χ4n) is 4.07. The van der Waals surface area contributed by atoms with Crippen LogP contribution in [0.4, 0.5) is 0 Å². The third-order valence-corrected chi connectivity index (χ3v) is 6.07. The summed E-state index contributed by atoms with van der Waals surface area (Å²) >= 11 is 0. The number of rotatable bonds is 14. The normalized spacial score (nSPS) is 17.3. The van der Waals surface area contributed by atoms with Gasteiger partial charge in [-0.2, -0.15) is 0 Å². The minimum atomic E-state index is -1.35. The van der Waals surface area contributed by atoms with Gasteiger partial charge in [0, 0.05) is 25.8 Å². The molecule has 1 saturated heterocycles. The van der Waals surface area contributed by atoms with E-state index in [0.29, 0.717) is 12.8 Å². The van der Waals surface area contributed by atoms with Crippen molar-refractivity contribution >= 4 is 35.5 Å². The number of nitrogens with zero attached hydrogens (tertiary/aromatic N) is 1. The Labute approximate surface area is 214 Å². The fourth-order valence-corrected chi connectivity index (χ4v) is 4.07. The smallest absolute Gasteiger partial charge is 0.326 e. The van der Waals surface area contributed by atoms with Crippen molar-refractivity contribution < 1.29 is 33.9 Å². The van der Waals surface area contributed by atoms with Crippen LogP contribution in [-0.2, 0) is 35.2 Å². The van der Waals surface area contributed by atoms with Gasteiger partial charge in [0.15, 0.2) is 0 Å². The van der Waals surface area contributed by atoms with Crippen molar-refractivity contribution in [2.45, 2.75) is 69.1 Å². The molecule has 1 aromatic rings. The molecule has 13 nitrogen and oxygen atoms in total. The maximum Gasteiger partial charge on any atom is 0.326 e. The first-order valence-electron chi connectivity index (χ1n) is 12.0. The molecule has 0 saturated carbocycles. The Balaban J connectivity index is 2.18. The zero-order valence-electron chi connectivity index (χ0n) is 20.4. The van der Waals surface area contributed by atoms with E-state index >= 15 is 0 Å². The average Bonchev–Trinajstić information content (AvgIpc) is 3.34. The molecule has 1 heterocycles. The molecule has 1 aliphatic heterocycles. The van der Waals surface area contributed by atoms with E-state index in [0.717, 1.165) is 5.56 Å². The number of hydrogen-bond acceptors (Lipinski definition) is 7. The van der Waals surface area contributed by atoms with Crippen LogP contribution in [0.2, 0.25) is 0 Å². The van der Waals surface area contributed by atoms with Crippen LogP contribution in [0.3, 0.4) is 0 Å². The van der Waals surface area contributed by atoms with Crippen molar-refractivity contribution in [3.63, 3.8) is 0 Å². The minimum Gasteiger partial charge on any atom is -0.480 e. The van der Waals surface area contributed by atoms with Gasteiger partial charge in [0.2, 0.25) is 29.5 Å². The first-order valence-corrected chi connectivity index (χ1v) is 12.0. The number of aliphatic carboxylic acids is 1. The SMILES string of the molecule is NC(=O)CCC(N)C(=O)NC(Cc1ccccc1)C(=O)N1CCCC1C(=O)NC(CCC(N)=O)C(=O)O. The van der Waals surface area contributed by atoms with Crippen LogP contribution in [0.1, 0.15) is 44.1 Å². The number of nitrogens with two attached hydrogens (primary N) is 3. The molecule has 0 aliphatic carbocycles. The Kier molecular flexibility index (Phi) is 11.0. The molecule has 1 aliphatic rings. The molecule has 4 atom stereocenters. The molecule has 1 aromatic carbocycles. The van der Waals surface area contributed by atoms with Gasteiger partial charge < -0.3 is 37.8 Å². The number of amides is 5. The molecule has 4 unspecified atom stereocenters. The summed E-state index contributed by atoms with van der Waals surface area (Å²) in [5.41, 5.74) is 16.8. The Morgan fingerprint density at radius 3 is 2.16 bits per heavy atom. The maximum absolute atomic E-state index is 13.6. The number of carbonyl (C=O) groups excluding carboxylic acids is 5. The first-order chi connectivity index (χ1) is 17.5. The molecule has 9 N–H and O–H groups in total. The van der Waals surface area contributed by atoms with Crippen LogP contribution in [0.25, 0.3) is 0 Å². The molecule has 13 heteroatoms. The maximum atomic E-state index is 13.6. The quantitative estimate of drug-likeness (QED) is 0.163. The minimum absolute atomic E-state index is 0.00401. The van der Waals surface area contributed by atoms with Gasteiger partial charge in [0.25, 0.3) is 0 Å². The number of carboxylic acid groups (broad SMARTS) is 1. The number of hydrogen-bond donors (Lipinski definition) is 6. The molecule has 0 aromatic heterocycles. The lowest BCUT2D eigenvalue weighted by Crippen LogP contribution is -2.57. The monoisotopic (exact) mass is 518 g/mol. The summed E-state index contributed by atoms with van der Waals surface area (Å²) in [5, 5.41) is 14.4. The molecule has 0 bridgehead atoms. The summed E-state index contributed by atoms with van der Waals surface area (Å²) < 4.78 is 0. The van der Waals surface area contributed by atoms with Crippen LogP contribution in [-0.4, -0.2) is 76.2 Å². The molecule has 37 heavy (non-hydrogen) atoms. The van der Waals surface area contributed by atoms with Crippen LogP contribution in [0.5, 0.6) is 0 Å². The van der Waals surface area contributed by atoms with Gasteiger partial charge in [-0.3, -0.25) is 24.0 Å². The van der Waals surface area contributed by atoms with Crippen molar-refractivity contribution in [1.82, 2.24) is 15.5 Å². The van der Waals surface area contributed by atoms with Crippen LogP contribution in [0, 0.1) is 0 Å². The summed E-state index contributed by atoms with van der Waals surface area (Å²) in [5.74, 6) is -4.49. The van der Waals surface area contributed by atoms with E-state index in [-0.39, 0.29) is 38.6 Å². The molecule has 0 radical (unpaired) electrons. The largest absolute Gasteiger partial charge is 0.480 e. The second-order valence-electron chi connectivity index (χ2n) is 8.96. The second kappa shape index (κ2) is 13.9. The summed E-state index contributed by atoms with van der Waals surface area (Å²) in [6.07, 6.45) is 0.398. The summed E-state index contributed by atoms with van der Waals surface area (Å²) in [6.45, 7) is 0.227. The van der Waals surface area contributed by atoms with Crippen molar-refractivity contribution in [3.05, 3.63) is 35.9 Å². The number of nitrogens with one attached hydrogen (secondary N) is 2. The topological polar surface area (TPSA) is 228 Å². The predicted molar refractivity (Wildman–Crippen MR) is 131 cm³/mol. The van der Waals surface area contributed by atoms with Crippen molar-refractivity contribution in [3.8, 4) is 0 Å². The fraction of sp³-hybridized carbons (Fsp3) is 0.500. The van der Waals surface area contributed by atoms with Crippen molar-refractivity contribution in [2.75, 3.05) is 6.54 Å². The number of primary amides is 2. The van der Waals surface area contributed by atoms with Crippen LogP contribution in [0.15, 0.2) is 30.3 Å². The van der Waals surface area contributed by atoms with Crippen molar-refractivity contribution in [2.24, 2.45) is 17.2 Å². The Bertz CT molecular complexity index is 1000. The Hall–Kier alpha value is -4.00. The predicted octanol–water partition coefficient (Wildman–Crippen LogP) is -1.87. The molecule has 1 fully saturated rings. The van der Waals surface area contributed by atoms with E-state index < -0.39 is 59.7 Å². The lowest BCUT2D eigenvalue weighted by molar-refractivity contribution is -0.145. The summed E-state index contributed by atoms with van der Waals surface area (Å²) in [6, 6.07) is 4.49. The number of likely N-dealkylation sites (tertiary alicyclic amines) is 1.